The molecule has 0 unspecified atom stereocenters. The van der Waals surface area contributed by atoms with Gasteiger partial charge in [-0.1, -0.05) is 0 Å². The molecule has 0 atom stereocenters. The van der Waals surface area contributed by atoms with E-state index in [-0.39, 0.29) is 16.4 Å². The highest BCUT2D eigenvalue weighted by molar-refractivity contribution is 7.89. The summed E-state index contributed by atoms with van der Waals surface area (Å²) in [5.74, 6) is -1.06. The molecule has 0 radical (unpaired) electrons. The molecule has 1 aliphatic rings. The van der Waals surface area contributed by atoms with Crippen molar-refractivity contribution < 1.29 is 27.2 Å². The van der Waals surface area contributed by atoms with Crippen molar-refractivity contribution >= 4 is 27.6 Å². The van der Waals surface area contributed by atoms with E-state index in [0.717, 1.165) is 24.0 Å². The highest BCUT2D eigenvalue weighted by atomic mass is 32.2. The molecule has 0 spiro atoms. The van der Waals surface area contributed by atoms with Crippen LogP contribution in [0.3, 0.4) is 0 Å². The molecular weight excluding hydrogens is 396 g/mol. The topological polar surface area (TPSA) is 106 Å². The third-order valence-corrected chi connectivity index (χ3v) is 7.12. The minimum absolute atomic E-state index is 0.000105. The number of carbonyl (C=O) groups excluding carboxylic acids is 2. The van der Waals surface area contributed by atoms with E-state index in [2.05, 4.69) is 5.32 Å². The molecule has 1 N–H and O–H groups in total. The zero-order valence-electron chi connectivity index (χ0n) is 16.9. The molecule has 1 fully saturated rings. The van der Waals surface area contributed by atoms with Crippen LogP contribution < -0.4 is 5.32 Å². The second kappa shape index (κ2) is 8.00. The standard InChI is InChI=1S/C20H24N2O6S/c1-12-9-15(10-16(13(12)2)20(24)27-4)21-19(23)17-11-18(14(3)28-17)29(25,26)22-7-5-6-8-22/h9-11H,5-8H2,1-4H3,(H,21,23). The van der Waals surface area contributed by atoms with Crippen LogP contribution in [0, 0.1) is 20.8 Å². The lowest BCUT2D eigenvalue weighted by atomic mass is 10.0. The maximum atomic E-state index is 12.8. The van der Waals surface area contributed by atoms with Gasteiger partial charge in [0.2, 0.25) is 10.0 Å². The minimum Gasteiger partial charge on any atom is -0.465 e. The highest BCUT2D eigenvalue weighted by Gasteiger charge is 2.31. The molecule has 1 saturated heterocycles. The molecular formula is C20H24N2O6S. The number of amides is 1. The molecule has 3 rings (SSSR count). The van der Waals surface area contributed by atoms with E-state index in [9.17, 15) is 18.0 Å². The Morgan fingerprint density at radius 1 is 1.10 bits per heavy atom. The zero-order chi connectivity index (χ0) is 21.3. The lowest BCUT2D eigenvalue weighted by Crippen LogP contribution is -2.28. The van der Waals surface area contributed by atoms with Crippen LogP contribution in [0.2, 0.25) is 0 Å². The van der Waals surface area contributed by atoms with Crippen LogP contribution in [0.1, 0.15) is 50.6 Å². The van der Waals surface area contributed by atoms with Crippen LogP contribution >= 0.6 is 0 Å². The third kappa shape index (κ3) is 4.06. The molecule has 1 amide bonds. The maximum absolute atomic E-state index is 12.8. The summed E-state index contributed by atoms with van der Waals surface area (Å²) in [6.07, 6.45) is 1.64. The Morgan fingerprint density at radius 2 is 1.76 bits per heavy atom. The number of carbonyl (C=O) groups is 2. The van der Waals surface area contributed by atoms with E-state index in [4.69, 9.17) is 9.15 Å². The number of methoxy groups -OCH3 is 1. The number of nitrogens with zero attached hydrogens (tertiary/aromatic N) is 1. The summed E-state index contributed by atoms with van der Waals surface area (Å²) < 4.78 is 37.2. The Labute approximate surface area is 169 Å². The minimum atomic E-state index is -3.69. The Bertz CT molecular complexity index is 1060. The number of benzene rings is 1. The normalized spacial score (nSPS) is 14.8. The molecule has 1 aromatic heterocycles. The van der Waals surface area contributed by atoms with Gasteiger partial charge in [-0.05, 0) is 56.9 Å². The van der Waals surface area contributed by atoms with Crippen molar-refractivity contribution in [2.45, 2.75) is 38.5 Å². The number of furan rings is 1. The lowest BCUT2D eigenvalue weighted by Gasteiger charge is -2.14. The average molecular weight is 420 g/mol. The van der Waals surface area contributed by atoms with Gasteiger partial charge in [-0.2, -0.15) is 4.31 Å². The molecule has 2 aromatic rings. The number of hydrogen-bond acceptors (Lipinski definition) is 6. The summed E-state index contributed by atoms with van der Waals surface area (Å²) in [5, 5.41) is 2.66. The fraction of sp³-hybridized carbons (Fsp3) is 0.400. The first-order valence-electron chi connectivity index (χ1n) is 9.26. The monoisotopic (exact) mass is 420 g/mol. The van der Waals surface area contributed by atoms with Crippen molar-refractivity contribution in [1.82, 2.24) is 4.31 Å². The quantitative estimate of drug-likeness (QED) is 0.746. The third-order valence-electron chi connectivity index (χ3n) is 5.11. The van der Waals surface area contributed by atoms with Gasteiger partial charge in [0.25, 0.3) is 5.91 Å². The summed E-state index contributed by atoms with van der Waals surface area (Å²) in [6, 6.07) is 4.49. The molecule has 1 aliphatic heterocycles. The van der Waals surface area contributed by atoms with Crippen LogP contribution in [-0.4, -0.2) is 44.8 Å². The second-order valence-electron chi connectivity index (χ2n) is 7.05. The van der Waals surface area contributed by atoms with Gasteiger partial charge in [-0.3, -0.25) is 4.79 Å². The molecule has 156 valence electrons. The number of rotatable bonds is 5. The molecule has 8 nitrogen and oxygen atoms in total. The number of esters is 1. The maximum Gasteiger partial charge on any atom is 0.338 e. The highest BCUT2D eigenvalue weighted by Crippen LogP contribution is 2.27. The van der Waals surface area contributed by atoms with Crippen LogP contribution in [-0.2, 0) is 14.8 Å². The zero-order valence-corrected chi connectivity index (χ0v) is 17.7. The summed E-state index contributed by atoms with van der Waals surface area (Å²) in [5.41, 5.74) is 2.28. The van der Waals surface area contributed by atoms with Crippen LogP contribution in [0.5, 0.6) is 0 Å². The number of nitrogens with one attached hydrogen (secondary N) is 1. The predicted octanol–water partition coefficient (Wildman–Crippen LogP) is 3.03. The van der Waals surface area contributed by atoms with E-state index in [1.807, 2.05) is 6.92 Å². The van der Waals surface area contributed by atoms with E-state index < -0.39 is 21.9 Å². The van der Waals surface area contributed by atoms with Crippen LogP contribution in [0.4, 0.5) is 5.69 Å². The molecule has 1 aromatic carbocycles. The summed E-state index contributed by atoms with van der Waals surface area (Å²) in [7, 11) is -2.40. The number of hydrogen-bond donors (Lipinski definition) is 1. The Balaban J connectivity index is 1.87. The van der Waals surface area contributed by atoms with Gasteiger partial charge in [0.05, 0.1) is 12.7 Å². The molecule has 0 bridgehead atoms. The molecule has 0 saturated carbocycles. The Kier molecular flexibility index (Phi) is 5.81. The van der Waals surface area contributed by atoms with Crippen LogP contribution in [0.25, 0.3) is 0 Å². The van der Waals surface area contributed by atoms with E-state index in [1.165, 1.54) is 30.5 Å². The fourth-order valence-corrected chi connectivity index (χ4v) is 5.03. The van der Waals surface area contributed by atoms with E-state index in [0.29, 0.717) is 24.3 Å². The smallest absolute Gasteiger partial charge is 0.338 e. The van der Waals surface area contributed by atoms with Crippen molar-refractivity contribution in [3.8, 4) is 0 Å². The predicted molar refractivity (Wildman–Crippen MR) is 107 cm³/mol. The second-order valence-corrected chi connectivity index (χ2v) is 8.96. The first kappa shape index (κ1) is 21.1. The van der Waals surface area contributed by atoms with Gasteiger partial charge in [-0.25, -0.2) is 13.2 Å². The Hall–Kier alpha value is -2.65. The van der Waals surface area contributed by atoms with Gasteiger partial charge >= 0.3 is 5.97 Å². The fourth-order valence-electron chi connectivity index (χ4n) is 3.35. The summed E-state index contributed by atoms with van der Waals surface area (Å²) in [6.45, 7) is 6.06. The summed E-state index contributed by atoms with van der Waals surface area (Å²) in [4.78, 5) is 24.6. The average Bonchev–Trinajstić information content (AvgIpc) is 3.34. The van der Waals surface area contributed by atoms with Crippen molar-refractivity contribution in [1.29, 1.82) is 0 Å². The molecule has 29 heavy (non-hydrogen) atoms. The number of aryl methyl sites for hydroxylation is 2. The van der Waals surface area contributed by atoms with Gasteiger partial charge in [0.15, 0.2) is 5.76 Å². The largest absolute Gasteiger partial charge is 0.465 e. The van der Waals surface area contributed by atoms with Crippen LogP contribution in [0.15, 0.2) is 27.5 Å². The number of ether oxygens (including phenoxy) is 1. The van der Waals surface area contributed by atoms with Crippen molar-refractivity contribution in [2.24, 2.45) is 0 Å². The first-order chi connectivity index (χ1) is 13.6. The molecule has 9 heteroatoms. The van der Waals surface area contributed by atoms with Gasteiger partial charge in [-0.15, -0.1) is 0 Å². The molecule has 2 heterocycles. The van der Waals surface area contributed by atoms with Crippen molar-refractivity contribution in [3.05, 3.63) is 46.4 Å². The van der Waals surface area contributed by atoms with E-state index >= 15 is 0 Å². The number of sulfonamides is 1. The number of anilines is 1. The first-order valence-corrected chi connectivity index (χ1v) is 10.7. The van der Waals surface area contributed by atoms with Gasteiger partial charge in [0, 0.05) is 24.8 Å². The van der Waals surface area contributed by atoms with E-state index in [1.54, 1.807) is 13.0 Å². The SMILES string of the molecule is COC(=O)c1cc(NC(=O)c2cc(S(=O)(=O)N3CCCC3)c(C)o2)cc(C)c1C. The van der Waals surface area contributed by atoms with Gasteiger partial charge < -0.3 is 14.5 Å². The molecule has 0 aliphatic carbocycles. The summed E-state index contributed by atoms with van der Waals surface area (Å²) >= 11 is 0. The van der Waals surface area contributed by atoms with Gasteiger partial charge in [0.1, 0.15) is 10.7 Å². The van der Waals surface area contributed by atoms with Crippen molar-refractivity contribution in [3.63, 3.8) is 0 Å². The Morgan fingerprint density at radius 3 is 2.38 bits per heavy atom. The lowest BCUT2D eigenvalue weighted by molar-refractivity contribution is 0.0599. The van der Waals surface area contributed by atoms with Crippen molar-refractivity contribution in [2.75, 3.05) is 25.5 Å².